The lowest BCUT2D eigenvalue weighted by atomic mass is 10.0. The molecule has 0 saturated heterocycles. The second-order valence-corrected chi connectivity index (χ2v) is 6.96. The molecule has 3 rings (SSSR count). The zero-order valence-corrected chi connectivity index (χ0v) is 15.5. The van der Waals surface area contributed by atoms with Gasteiger partial charge in [-0.05, 0) is 51.9 Å². The molecule has 25 heavy (non-hydrogen) atoms. The van der Waals surface area contributed by atoms with E-state index in [1.165, 1.54) is 5.06 Å². The smallest absolute Gasteiger partial charge is 0.404 e. The molecule has 7 heteroatoms. The van der Waals surface area contributed by atoms with Gasteiger partial charge in [-0.3, -0.25) is 0 Å². The van der Waals surface area contributed by atoms with Gasteiger partial charge in [-0.1, -0.05) is 30.3 Å². The second-order valence-electron chi connectivity index (χ2n) is 5.72. The van der Waals surface area contributed by atoms with Crippen LogP contribution in [0, 0.1) is 3.57 Å². The molecule has 6 nitrogen and oxygen atoms in total. The van der Waals surface area contributed by atoms with Crippen LogP contribution in [-0.4, -0.2) is 33.0 Å². The van der Waals surface area contributed by atoms with Gasteiger partial charge in [0.25, 0.3) is 0 Å². The van der Waals surface area contributed by atoms with Gasteiger partial charge in [0.2, 0.25) is 0 Å². The Labute approximate surface area is 158 Å². The zero-order chi connectivity index (χ0) is 17.8. The summed E-state index contributed by atoms with van der Waals surface area (Å²) in [5, 5.41) is 24.2. The molecule has 0 radical (unpaired) electrons. The van der Waals surface area contributed by atoms with Gasteiger partial charge in [-0.25, -0.2) is 4.79 Å². The number of hydroxylamine groups is 2. The van der Waals surface area contributed by atoms with Crippen LogP contribution >= 0.6 is 22.6 Å². The van der Waals surface area contributed by atoms with E-state index in [0.717, 1.165) is 25.6 Å². The first-order valence-electron chi connectivity index (χ1n) is 7.77. The van der Waals surface area contributed by atoms with Crippen molar-refractivity contribution in [3.63, 3.8) is 0 Å². The van der Waals surface area contributed by atoms with Crippen molar-refractivity contribution in [1.29, 1.82) is 0 Å². The van der Waals surface area contributed by atoms with Crippen LogP contribution in [0.25, 0.3) is 10.9 Å². The highest BCUT2D eigenvalue weighted by Gasteiger charge is 2.23. The van der Waals surface area contributed by atoms with Crippen LogP contribution in [0.2, 0.25) is 0 Å². The SMILES string of the molecule is O=C(O)NCC(c1c[nH]c2ccc(I)cc12)N(O)Cc1ccccc1. The van der Waals surface area contributed by atoms with Gasteiger partial charge in [0, 0.05) is 33.8 Å². The standard InChI is InChI=1S/C18H18IN3O3/c19-13-6-7-16-14(8-13)15(9-20-16)17(10-21-18(23)24)22(25)11-12-4-2-1-3-5-12/h1-9,17,20-21,25H,10-11H2,(H,23,24). The number of aromatic nitrogens is 1. The molecule has 0 aliphatic rings. The number of rotatable bonds is 6. The number of amides is 1. The van der Waals surface area contributed by atoms with E-state index in [1.807, 2.05) is 54.7 Å². The Morgan fingerprint density at radius 1 is 1.24 bits per heavy atom. The number of aromatic amines is 1. The van der Waals surface area contributed by atoms with Gasteiger partial charge in [0.15, 0.2) is 0 Å². The highest BCUT2D eigenvalue weighted by molar-refractivity contribution is 14.1. The largest absolute Gasteiger partial charge is 0.465 e. The van der Waals surface area contributed by atoms with Gasteiger partial charge in [-0.15, -0.1) is 0 Å². The normalized spacial score (nSPS) is 12.4. The summed E-state index contributed by atoms with van der Waals surface area (Å²) >= 11 is 2.23. The van der Waals surface area contributed by atoms with Crippen molar-refractivity contribution in [3.05, 3.63) is 69.4 Å². The number of H-pyrrole nitrogens is 1. The number of halogens is 1. The fourth-order valence-electron chi connectivity index (χ4n) is 2.83. The molecule has 1 amide bonds. The predicted octanol–water partition coefficient (Wildman–Crippen LogP) is 3.97. The average molecular weight is 451 g/mol. The predicted molar refractivity (Wildman–Crippen MR) is 104 cm³/mol. The van der Waals surface area contributed by atoms with Crippen LogP contribution in [0.3, 0.4) is 0 Å². The van der Waals surface area contributed by atoms with Crippen molar-refractivity contribution < 1.29 is 15.1 Å². The first-order chi connectivity index (χ1) is 12.0. The average Bonchev–Trinajstić information content (AvgIpc) is 2.99. The summed E-state index contributed by atoms with van der Waals surface area (Å²) in [6, 6.07) is 15.0. The molecule has 3 aromatic rings. The van der Waals surface area contributed by atoms with E-state index < -0.39 is 12.1 Å². The molecular formula is C18H18IN3O3. The monoisotopic (exact) mass is 451 g/mol. The van der Waals surface area contributed by atoms with Crippen molar-refractivity contribution in [2.75, 3.05) is 6.54 Å². The summed E-state index contributed by atoms with van der Waals surface area (Å²) in [5.41, 5.74) is 2.74. The Morgan fingerprint density at radius 2 is 2.00 bits per heavy atom. The summed E-state index contributed by atoms with van der Waals surface area (Å²) in [5.74, 6) is 0. The lowest BCUT2D eigenvalue weighted by Gasteiger charge is -2.26. The van der Waals surface area contributed by atoms with Gasteiger partial charge in [-0.2, -0.15) is 5.06 Å². The highest BCUT2D eigenvalue weighted by atomic mass is 127. The van der Waals surface area contributed by atoms with Crippen LogP contribution in [0.1, 0.15) is 17.2 Å². The maximum absolute atomic E-state index is 11.0. The van der Waals surface area contributed by atoms with Gasteiger partial charge in [0.05, 0.1) is 6.04 Å². The maximum atomic E-state index is 11.0. The minimum atomic E-state index is -1.12. The van der Waals surface area contributed by atoms with E-state index in [-0.39, 0.29) is 6.54 Å². The van der Waals surface area contributed by atoms with Crippen molar-refractivity contribution >= 4 is 39.6 Å². The quantitative estimate of drug-likeness (QED) is 0.338. The van der Waals surface area contributed by atoms with E-state index in [0.29, 0.717) is 6.54 Å². The summed E-state index contributed by atoms with van der Waals surface area (Å²) in [4.78, 5) is 14.1. The number of carboxylic acid groups (broad SMARTS) is 1. The number of carbonyl (C=O) groups is 1. The lowest BCUT2D eigenvalue weighted by molar-refractivity contribution is -0.135. The van der Waals surface area contributed by atoms with E-state index >= 15 is 0 Å². The van der Waals surface area contributed by atoms with Crippen molar-refractivity contribution in [2.45, 2.75) is 12.6 Å². The van der Waals surface area contributed by atoms with Crippen molar-refractivity contribution in [3.8, 4) is 0 Å². The van der Waals surface area contributed by atoms with Gasteiger partial charge < -0.3 is 20.6 Å². The second kappa shape index (κ2) is 7.85. The van der Waals surface area contributed by atoms with E-state index in [2.05, 4.69) is 32.9 Å². The Hall–Kier alpha value is -2.10. The fraction of sp³-hybridized carbons (Fsp3) is 0.167. The Balaban J connectivity index is 1.92. The van der Waals surface area contributed by atoms with Gasteiger partial charge >= 0.3 is 6.09 Å². The first kappa shape index (κ1) is 17.7. The summed E-state index contributed by atoms with van der Waals surface area (Å²) in [6.07, 6.45) is 0.705. The molecule has 2 aromatic carbocycles. The molecule has 0 spiro atoms. The Bertz CT molecular complexity index is 866. The Morgan fingerprint density at radius 3 is 2.72 bits per heavy atom. The molecule has 1 heterocycles. The number of fused-ring (bicyclic) bond motifs is 1. The van der Waals surface area contributed by atoms with Gasteiger partial charge in [0.1, 0.15) is 0 Å². The molecule has 0 saturated carbocycles. The third kappa shape index (κ3) is 4.30. The lowest BCUT2D eigenvalue weighted by Crippen LogP contribution is -2.35. The molecule has 0 aliphatic heterocycles. The molecule has 0 bridgehead atoms. The van der Waals surface area contributed by atoms with Crippen LogP contribution in [-0.2, 0) is 6.54 Å². The minimum absolute atomic E-state index is 0.0804. The molecule has 1 unspecified atom stereocenters. The molecule has 1 aromatic heterocycles. The molecule has 130 valence electrons. The molecule has 0 fully saturated rings. The molecular weight excluding hydrogens is 433 g/mol. The molecule has 1 atom stereocenters. The minimum Gasteiger partial charge on any atom is -0.465 e. The summed E-state index contributed by atoms with van der Waals surface area (Å²) in [7, 11) is 0. The van der Waals surface area contributed by atoms with Crippen molar-refractivity contribution in [2.24, 2.45) is 0 Å². The number of nitrogens with zero attached hydrogens (tertiary/aromatic N) is 1. The van der Waals surface area contributed by atoms with Crippen LogP contribution in [0.5, 0.6) is 0 Å². The number of nitrogens with one attached hydrogen (secondary N) is 2. The summed E-state index contributed by atoms with van der Waals surface area (Å²) < 4.78 is 1.07. The molecule has 0 aliphatic carbocycles. The number of hydrogen-bond acceptors (Lipinski definition) is 3. The highest BCUT2D eigenvalue weighted by Crippen LogP contribution is 2.29. The van der Waals surface area contributed by atoms with Crippen molar-refractivity contribution in [1.82, 2.24) is 15.4 Å². The Kier molecular flexibility index (Phi) is 5.57. The third-order valence-corrected chi connectivity index (χ3v) is 4.70. The molecule has 4 N–H and O–H groups in total. The summed E-state index contributed by atoms with van der Waals surface area (Å²) in [6.45, 7) is 0.375. The number of hydrogen-bond donors (Lipinski definition) is 4. The van der Waals surface area contributed by atoms with E-state index in [4.69, 9.17) is 5.11 Å². The van der Waals surface area contributed by atoms with E-state index in [1.54, 1.807) is 0 Å². The zero-order valence-electron chi connectivity index (χ0n) is 13.3. The van der Waals surface area contributed by atoms with Crippen LogP contribution in [0.4, 0.5) is 4.79 Å². The van der Waals surface area contributed by atoms with Crippen LogP contribution < -0.4 is 5.32 Å². The van der Waals surface area contributed by atoms with E-state index in [9.17, 15) is 10.0 Å². The van der Waals surface area contributed by atoms with Crippen LogP contribution in [0.15, 0.2) is 54.7 Å². The fourth-order valence-corrected chi connectivity index (χ4v) is 3.32. The maximum Gasteiger partial charge on any atom is 0.404 e. The topological polar surface area (TPSA) is 88.6 Å². The number of benzene rings is 2. The first-order valence-corrected chi connectivity index (χ1v) is 8.85. The third-order valence-electron chi connectivity index (χ3n) is 4.03.